The minimum absolute atomic E-state index is 0.349. The van der Waals surface area contributed by atoms with Crippen molar-refractivity contribution in [2.24, 2.45) is 20.8 Å². The van der Waals surface area contributed by atoms with E-state index in [9.17, 15) is 5.11 Å². The standard InChI is InChI=1S/C17H21N5O/c1-5-13(20-6-2)11-7-9-12(10-8-11)14-16(23)15(17(18)19-3)22(4)21-14/h5-10,15-16,23H,1-2H2,3-4H3,(H2,18,19). The Morgan fingerprint density at radius 1 is 1.35 bits per heavy atom. The molecule has 1 aromatic rings. The van der Waals surface area contributed by atoms with Gasteiger partial charge in [-0.05, 0) is 6.08 Å². The van der Waals surface area contributed by atoms with E-state index in [0.717, 1.165) is 16.8 Å². The molecule has 2 unspecified atom stereocenters. The van der Waals surface area contributed by atoms with Crippen LogP contribution < -0.4 is 5.73 Å². The Kier molecular flexibility index (Phi) is 5.08. The number of benzene rings is 1. The molecule has 0 aliphatic carbocycles. The van der Waals surface area contributed by atoms with E-state index in [-0.39, 0.29) is 0 Å². The van der Waals surface area contributed by atoms with Crippen LogP contribution in [-0.2, 0) is 0 Å². The summed E-state index contributed by atoms with van der Waals surface area (Å²) in [6.07, 6.45) is 2.32. The number of aliphatic imine (C=N–C) groups is 2. The van der Waals surface area contributed by atoms with Gasteiger partial charge in [0.25, 0.3) is 0 Å². The van der Waals surface area contributed by atoms with Crippen molar-refractivity contribution < 1.29 is 5.11 Å². The maximum atomic E-state index is 10.5. The molecule has 0 saturated carbocycles. The molecule has 1 aromatic carbocycles. The van der Waals surface area contributed by atoms with Crippen LogP contribution in [0.2, 0.25) is 0 Å². The molecule has 0 saturated heterocycles. The number of allylic oxidation sites excluding steroid dienone is 1. The van der Waals surface area contributed by atoms with Crippen LogP contribution in [0.25, 0.3) is 0 Å². The van der Waals surface area contributed by atoms with Crippen molar-refractivity contribution in [1.29, 1.82) is 0 Å². The van der Waals surface area contributed by atoms with Crippen LogP contribution in [0.5, 0.6) is 0 Å². The first-order chi connectivity index (χ1) is 11.0. The van der Waals surface area contributed by atoms with Crippen molar-refractivity contribution in [2.45, 2.75) is 12.1 Å². The van der Waals surface area contributed by atoms with Crippen LogP contribution in [0.1, 0.15) is 11.1 Å². The monoisotopic (exact) mass is 311 g/mol. The Morgan fingerprint density at radius 2 is 2.00 bits per heavy atom. The van der Waals surface area contributed by atoms with Gasteiger partial charge in [-0.25, -0.2) is 0 Å². The number of hydrogen-bond acceptors (Lipinski definition) is 5. The fraction of sp³-hybridized carbons (Fsp3) is 0.235. The Bertz CT molecular complexity index is 687. The quantitative estimate of drug-likeness (QED) is 0.632. The number of amidine groups is 1. The molecule has 6 heteroatoms. The first-order valence-corrected chi connectivity index (χ1v) is 7.17. The largest absolute Gasteiger partial charge is 0.386 e. The van der Waals surface area contributed by atoms with Crippen LogP contribution >= 0.6 is 0 Å². The number of aliphatic hydroxyl groups is 1. The van der Waals surface area contributed by atoms with Crippen LogP contribution in [0, 0.1) is 0 Å². The van der Waals surface area contributed by atoms with E-state index < -0.39 is 12.1 Å². The molecule has 0 aromatic heterocycles. The van der Waals surface area contributed by atoms with Crippen molar-refractivity contribution >= 4 is 17.3 Å². The molecule has 0 spiro atoms. The number of hydrazone groups is 1. The summed E-state index contributed by atoms with van der Waals surface area (Å²) < 4.78 is 0. The average molecular weight is 311 g/mol. The molecule has 0 fully saturated rings. The van der Waals surface area contributed by atoms with Crippen LogP contribution in [0.4, 0.5) is 0 Å². The van der Waals surface area contributed by atoms with Gasteiger partial charge in [-0.15, -0.1) is 0 Å². The maximum Gasteiger partial charge on any atom is 0.135 e. The lowest BCUT2D eigenvalue weighted by Gasteiger charge is -2.20. The molecule has 120 valence electrons. The molecule has 6 nitrogen and oxygen atoms in total. The SMILES string of the molecule is C=CN=C(C=C)c1ccc(C2=NN(C)C(C(N)=NC)C2O)cc1. The lowest BCUT2D eigenvalue weighted by molar-refractivity contribution is 0.177. The highest BCUT2D eigenvalue weighted by atomic mass is 16.3. The minimum Gasteiger partial charge on any atom is -0.386 e. The second-order valence-electron chi connectivity index (χ2n) is 5.08. The summed E-state index contributed by atoms with van der Waals surface area (Å²) in [4.78, 5) is 8.11. The van der Waals surface area contributed by atoms with Crippen LogP contribution in [-0.4, -0.2) is 53.6 Å². The number of hydrogen-bond donors (Lipinski definition) is 2. The number of nitrogens with zero attached hydrogens (tertiary/aromatic N) is 4. The summed E-state index contributed by atoms with van der Waals surface area (Å²) in [5.41, 5.74) is 8.89. The Labute approximate surface area is 136 Å². The third-order valence-corrected chi connectivity index (χ3v) is 3.71. The van der Waals surface area contributed by atoms with Gasteiger partial charge in [-0.3, -0.25) is 15.0 Å². The van der Waals surface area contributed by atoms with Gasteiger partial charge < -0.3 is 10.8 Å². The van der Waals surface area contributed by atoms with Crippen molar-refractivity contribution in [2.75, 3.05) is 14.1 Å². The van der Waals surface area contributed by atoms with Gasteiger partial charge >= 0.3 is 0 Å². The predicted molar refractivity (Wildman–Crippen MR) is 95.0 cm³/mol. The number of nitrogens with two attached hydrogens (primary N) is 1. The third-order valence-electron chi connectivity index (χ3n) is 3.71. The summed E-state index contributed by atoms with van der Waals surface area (Å²) in [7, 11) is 3.36. The highest BCUT2D eigenvalue weighted by Crippen LogP contribution is 2.20. The van der Waals surface area contributed by atoms with Crippen molar-refractivity contribution in [1.82, 2.24) is 5.01 Å². The number of rotatable bonds is 5. The van der Waals surface area contributed by atoms with Crippen LogP contribution in [0.15, 0.2) is 64.8 Å². The molecular formula is C17H21N5O. The molecule has 3 N–H and O–H groups in total. The van der Waals surface area contributed by atoms with Gasteiger partial charge in [-0.1, -0.05) is 37.4 Å². The summed E-state index contributed by atoms with van der Waals surface area (Å²) >= 11 is 0. The lowest BCUT2D eigenvalue weighted by Crippen LogP contribution is -2.46. The van der Waals surface area contributed by atoms with E-state index in [4.69, 9.17) is 5.73 Å². The molecule has 0 bridgehead atoms. The zero-order valence-corrected chi connectivity index (χ0v) is 13.3. The summed E-state index contributed by atoms with van der Waals surface area (Å²) in [6.45, 7) is 7.33. The zero-order chi connectivity index (χ0) is 17.0. The Hall–Kier alpha value is -2.73. The van der Waals surface area contributed by atoms with Crippen molar-refractivity contribution in [3.8, 4) is 0 Å². The van der Waals surface area contributed by atoms with Gasteiger partial charge in [0.05, 0.1) is 11.4 Å². The second kappa shape index (κ2) is 7.02. The molecule has 23 heavy (non-hydrogen) atoms. The summed E-state index contributed by atoms with van der Waals surface area (Å²) in [5.74, 6) is 0.349. The molecule has 2 rings (SSSR count). The Morgan fingerprint density at radius 3 is 2.52 bits per heavy atom. The average Bonchev–Trinajstić information content (AvgIpc) is 2.87. The van der Waals surface area contributed by atoms with E-state index in [2.05, 4.69) is 28.2 Å². The molecule has 1 heterocycles. The topological polar surface area (TPSA) is 86.6 Å². The third kappa shape index (κ3) is 3.22. The highest BCUT2D eigenvalue weighted by Gasteiger charge is 2.37. The predicted octanol–water partition coefficient (Wildman–Crippen LogP) is 1.17. The summed E-state index contributed by atoms with van der Waals surface area (Å²) in [6, 6.07) is 7.13. The first kappa shape index (κ1) is 16.6. The number of aliphatic hydroxyl groups excluding tert-OH is 1. The van der Waals surface area contributed by atoms with Gasteiger partial charge in [0.15, 0.2) is 0 Å². The first-order valence-electron chi connectivity index (χ1n) is 7.17. The van der Waals surface area contributed by atoms with Crippen LogP contribution in [0.3, 0.4) is 0 Å². The molecule has 0 radical (unpaired) electrons. The molecule has 0 amide bonds. The van der Waals surface area contributed by atoms with E-state index in [0.29, 0.717) is 11.5 Å². The fourth-order valence-electron chi connectivity index (χ4n) is 2.51. The second-order valence-corrected chi connectivity index (χ2v) is 5.08. The van der Waals surface area contributed by atoms with E-state index in [1.54, 1.807) is 25.2 Å². The smallest absolute Gasteiger partial charge is 0.135 e. The van der Waals surface area contributed by atoms with Crippen molar-refractivity contribution in [3.63, 3.8) is 0 Å². The van der Waals surface area contributed by atoms with Gasteiger partial charge in [0.1, 0.15) is 18.0 Å². The molecular weight excluding hydrogens is 290 g/mol. The molecule has 1 aliphatic heterocycles. The Balaban J connectivity index is 2.30. The van der Waals surface area contributed by atoms with Crippen molar-refractivity contribution in [3.05, 3.63) is 60.8 Å². The maximum absolute atomic E-state index is 10.5. The number of likely N-dealkylation sites (N-methyl/N-ethyl adjacent to an activating group) is 1. The minimum atomic E-state index is -0.824. The van der Waals surface area contributed by atoms with E-state index in [1.165, 1.54) is 6.20 Å². The summed E-state index contributed by atoms with van der Waals surface area (Å²) in [5, 5.41) is 16.5. The molecule has 1 aliphatic rings. The fourth-order valence-corrected chi connectivity index (χ4v) is 2.51. The van der Waals surface area contributed by atoms with E-state index >= 15 is 0 Å². The normalized spacial score (nSPS) is 22.0. The van der Waals surface area contributed by atoms with Gasteiger partial charge in [-0.2, -0.15) is 5.10 Å². The molecule has 2 atom stereocenters. The van der Waals surface area contributed by atoms with Gasteiger partial charge in [0.2, 0.25) is 0 Å². The van der Waals surface area contributed by atoms with Gasteiger partial charge in [0, 0.05) is 31.4 Å². The highest BCUT2D eigenvalue weighted by molar-refractivity contribution is 6.11. The zero-order valence-electron chi connectivity index (χ0n) is 13.3. The lowest BCUT2D eigenvalue weighted by atomic mass is 9.98. The van der Waals surface area contributed by atoms with E-state index in [1.807, 2.05) is 24.3 Å².